The molecule has 0 radical (unpaired) electrons. The number of morpholine rings is 1. The van der Waals surface area contributed by atoms with Crippen molar-refractivity contribution in [1.29, 1.82) is 0 Å². The highest BCUT2D eigenvalue weighted by Gasteiger charge is 2.33. The minimum Gasteiger partial charge on any atom is -0.493 e. The zero-order valence-corrected chi connectivity index (χ0v) is 24.4. The second-order valence-electron chi connectivity index (χ2n) is 9.56. The Morgan fingerprint density at radius 3 is 2.60 bits per heavy atom. The minimum absolute atomic E-state index is 0.0739. The molecule has 0 spiro atoms. The van der Waals surface area contributed by atoms with Gasteiger partial charge >= 0.3 is 5.97 Å². The number of rotatable bonds is 11. The van der Waals surface area contributed by atoms with Crippen molar-refractivity contribution in [2.45, 2.75) is 13.0 Å². The predicted octanol–water partition coefficient (Wildman–Crippen LogP) is 4.98. The maximum Gasteiger partial charge on any atom is 0.373 e. The molecule has 0 N–H and O–H groups in total. The number of hydrogen-bond donors (Lipinski definition) is 0. The average molecular weight is 592 g/mol. The fourth-order valence-electron chi connectivity index (χ4n) is 4.54. The quantitative estimate of drug-likeness (QED) is 0.226. The molecule has 10 nitrogen and oxygen atoms in total. The van der Waals surface area contributed by atoms with Crippen LogP contribution < -0.4 is 9.47 Å². The van der Waals surface area contributed by atoms with Crippen molar-refractivity contribution in [1.82, 2.24) is 9.80 Å². The summed E-state index contributed by atoms with van der Waals surface area (Å²) in [6.45, 7) is 4.90. The van der Waals surface area contributed by atoms with Crippen LogP contribution in [0.1, 0.15) is 28.3 Å². The molecule has 220 valence electrons. The number of hydrogen-bond acceptors (Lipinski definition) is 10. The van der Waals surface area contributed by atoms with E-state index in [1.54, 1.807) is 24.1 Å². The molecule has 5 rings (SSSR count). The van der Waals surface area contributed by atoms with Gasteiger partial charge in [-0.1, -0.05) is 24.3 Å². The summed E-state index contributed by atoms with van der Waals surface area (Å²) in [6, 6.07) is 18.3. The maximum absolute atomic E-state index is 13.6. The van der Waals surface area contributed by atoms with Gasteiger partial charge in [-0.2, -0.15) is 0 Å². The van der Waals surface area contributed by atoms with E-state index in [1.807, 2.05) is 48.5 Å². The highest BCUT2D eigenvalue weighted by Crippen LogP contribution is 2.36. The molecule has 3 aromatic rings. The fraction of sp³-hybridized carbons (Fsp3) is 0.323. The van der Waals surface area contributed by atoms with Gasteiger partial charge in [0.05, 0.1) is 38.0 Å². The minimum atomic E-state index is -0.553. The number of methoxy groups -OCH3 is 2. The summed E-state index contributed by atoms with van der Waals surface area (Å²) in [6.07, 6.45) is 2.68. The number of aliphatic imine (C=N–C) groups is 1. The summed E-state index contributed by atoms with van der Waals surface area (Å²) in [4.78, 5) is 34.7. The monoisotopic (exact) mass is 591 g/mol. The molecule has 3 heterocycles. The van der Waals surface area contributed by atoms with Crippen molar-refractivity contribution < 1.29 is 33.0 Å². The number of ether oxygens (including phenoxy) is 4. The number of amidine groups is 1. The standard InChI is InChI=1S/C31H33N3O7S/c1-37-27-19-22(9-11-25(27)40-21-24-10-12-26(41-24)30(36)38-2)20-28-29(35)34(14-6-13-33-15-17-39-18-16-33)31(42-28)32-23-7-4-3-5-8-23/h3-5,7-12,19-20H,6,13-18,21H2,1-2H3/b28-20+,32-31?. The van der Waals surface area contributed by atoms with Crippen LogP contribution in [0.2, 0.25) is 0 Å². The first-order valence-corrected chi connectivity index (χ1v) is 14.5. The van der Waals surface area contributed by atoms with Crippen molar-refractivity contribution >= 4 is 40.6 Å². The van der Waals surface area contributed by atoms with Gasteiger partial charge in [0.1, 0.15) is 12.4 Å². The Kier molecular flexibility index (Phi) is 9.96. The molecular weight excluding hydrogens is 558 g/mol. The zero-order chi connectivity index (χ0) is 29.3. The molecular formula is C31H33N3O7S. The highest BCUT2D eigenvalue weighted by molar-refractivity contribution is 8.18. The molecule has 42 heavy (non-hydrogen) atoms. The third kappa shape index (κ3) is 7.41. The van der Waals surface area contributed by atoms with Crippen LogP contribution in [0.5, 0.6) is 11.5 Å². The Morgan fingerprint density at radius 1 is 1.02 bits per heavy atom. The number of nitrogens with zero attached hydrogens (tertiary/aromatic N) is 3. The van der Waals surface area contributed by atoms with E-state index in [2.05, 4.69) is 9.64 Å². The first-order chi connectivity index (χ1) is 20.5. The topological polar surface area (TPSA) is 103 Å². The third-order valence-corrected chi connectivity index (χ3v) is 7.74. The van der Waals surface area contributed by atoms with Gasteiger partial charge in [0, 0.05) is 26.2 Å². The van der Waals surface area contributed by atoms with Crippen molar-refractivity contribution in [3.8, 4) is 11.5 Å². The third-order valence-electron chi connectivity index (χ3n) is 6.73. The lowest BCUT2D eigenvalue weighted by atomic mass is 10.2. The summed E-state index contributed by atoms with van der Waals surface area (Å²) in [5.74, 6) is 0.945. The molecule has 0 aliphatic carbocycles. The number of carbonyl (C=O) groups excluding carboxylic acids is 2. The Balaban J connectivity index is 1.30. The Morgan fingerprint density at radius 2 is 1.83 bits per heavy atom. The van der Waals surface area contributed by atoms with E-state index >= 15 is 0 Å². The van der Waals surface area contributed by atoms with Gasteiger partial charge in [-0.15, -0.1) is 0 Å². The van der Waals surface area contributed by atoms with Crippen molar-refractivity contribution in [2.75, 3.05) is 53.6 Å². The van der Waals surface area contributed by atoms with Crippen LogP contribution in [0.3, 0.4) is 0 Å². The number of carbonyl (C=O) groups is 2. The summed E-state index contributed by atoms with van der Waals surface area (Å²) in [5.41, 5.74) is 1.58. The van der Waals surface area contributed by atoms with Gasteiger partial charge in [-0.25, -0.2) is 9.79 Å². The van der Waals surface area contributed by atoms with Crippen LogP contribution in [0.25, 0.3) is 6.08 Å². The van der Waals surface area contributed by atoms with E-state index < -0.39 is 5.97 Å². The molecule has 0 atom stereocenters. The van der Waals surface area contributed by atoms with E-state index in [-0.39, 0.29) is 18.3 Å². The average Bonchev–Trinajstić information content (AvgIpc) is 3.61. The summed E-state index contributed by atoms with van der Waals surface area (Å²) in [5, 5.41) is 0.663. The smallest absolute Gasteiger partial charge is 0.373 e. The number of amides is 1. The van der Waals surface area contributed by atoms with Crippen molar-refractivity contribution in [2.24, 2.45) is 4.99 Å². The van der Waals surface area contributed by atoms with Gasteiger partial charge in [-0.05, 0) is 66.2 Å². The van der Waals surface area contributed by atoms with Gasteiger partial charge in [0.25, 0.3) is 5.91 Å². The summed E-state index contributed by atoms with van der Waals surface area (Å²) in [7, 11) is 2.85. The Hall–Kier alpha value is -4.06. The zero-order valence-electron chi connectivity index (χ0n) is 23.6. The lowest BCUT2D eigenvalue weighted by Gasteiger charge is -2.27. The highest BCUT2D eigenvalue weighted by atomic mass is 32.2. The fourth-order valence-corrected chi connectivity index (χ4v) is 5.56. The lowest BCUT2D eigenvalue weighted by molar-refractivity contribution is -0.122. The Labute approximate surface area is 248 Å². The second kappa shape index (κ2) is 14.2. The molecule has 0 saturated carbocycles. The van der Waals surface area contributed by atoms with E-state index in [4.69, 9.17) is 23.6 Å². The molecule has 2 aromatic carbocycles. The maximum atomic E-state index is 13.6. The van der Waals surface area contributed by atoms with E-state index in [9.17, 15) is 9.59 Å². The van der Waals surface area contributed by atoms with Gasteiger partial charge < -0.3 is 23.4 Å². The molecule has 2 saturated heterocycles. The van der Waals surface area contributed by atoms with Crippen molar-refractivity contribution in [3.05, 3.63) is 82.7 Å². The van der Waals surface area contributed by atoms with Gasteiger partial charge in [0.15, 0.2) is 16.7 Å². The SMILES string of the molecule is COC(=O)c1ccc(COc2ccc(/C=C3/SC(=Nc4ccccc4)N(CCCN4CCOCC4)C3=O)cc2OC)o1. The summed E-state index contributed by atoms with van der Waals surface area (Å²) < 4.78 is 27.0. The molecule has 0 unspecified atom stereocenters. The largest absolute Gasteiger partial charge is 0.493 e. The van der Waals surface area contributed by atoms with Crippen LogP contribution >= 0.6 is 11.8 Å². The normalized spacial score (nSPS) is 17.7. The Bertz CT molecular complexity index is 1450. The predicted molar refractivity (Wildman–Crippen MR) is 160 cm³/mol. The van der Waals surface area contributed by atoms with E-state index in [0.717, 1.165) is 50.5 Å². The van der Waals surface area contributed by atoms with Gasteiger partial charge in [0.2, 0.25) is 5.76 Å². The molecule has 0 bridgehead atoms. The molecule has 2 aliphatic rings. The van der Waals surface area contributed by atoms with Crippen LogP contribution in [0, 0.1) is 0 Å². The van der Waals surface area contributed by atoms with E-state index in [0.29, 0.717) is 33.9 Å². The first-order valence-electron chi connectivity index (χ1n) is 13.7. The van der Waals surface area contributed by atoms with Crippen molar-refractivity contribution in [3.63, 3.8) is 0 Å². The number of thioether (sulfide) groups is 1. The van der Waals surface area contributed by atoms with Crippen LogP contribution in [0.15, 0.2) is 75.0 Å². The number of benzene rings is 2. The number of esters is 1. The lowest BCUT2D eigenvalue weighted by Crippen LogP contribution is -2.38. The second-order valence-corrected chi connectivity index (χ2v) is 10.6. The van der Waals surface area contributed by atoms with E-state index in [1.165, 1.54) is 24.9 Å². The summed E-state index contributed by atoms with van der Waals surface area (Å²) >= 11 is 1.37. The van der Waals surface area contributed by atoms with Crippen LogP contribution in [-0.4, -0.2) is 80.5 Å². The molecule has 1 aromatic heterocycles. The van der Waals surface area contributed by atoms with Crippen LogP contribution in [-0.2, 0) is 20.9 Å². The van der Waals surface area contributed by atoms with Gasteiger partial charge in [-0.3, -0.25) is 14.6 Å². The molecule has 2 aliphatic heterocycles. The number of para-hydroxylation sites is 1. The number of furan rings is 1. The van der Waals surface area contributed by atoms with Crippen LogP contribution in [0.4, 0.5) is 5.69 Å². The molecule has 1 amide bonds. The molecule has 11 heteroatoms. The first kappa shape index (κ1) is 29.4. The molecule has 2 fully saturated rings.